The molecule has 0 saturated carbocycles. The van der Waals surface area contributed by atoms with Crippen LogP contribution in [0.2, 0.25) is 10.0 Å². The third-order valence-corrected chi connectivity index (χ3v) is 3.99. The Bertz CT molecular complexity index is 724. The van der Waals surface area contributed by atoms with E-state index in [4.69, 9.17) is 35.4 Å². The van der Waals surface area contributed by atoms with Gasteiger partial charge >= 0.3 is 0 Å². The first-order valence-electron chi connectivity index (χ1n) is 6.76. The molecule has 0 aliphatic rings. The van der Waals surface area contributed by atoms with Crippen LogP contribution in [0.5, 0.6) is 0 Å². The Kier molecular flexibility index (Phi) is 5.82. The van der Waals surface area contributed by atoms with Crippen LogP contribution in [0.3, 0.4) is 0 Å². The molecule has 7 heteroatoms. The van der Waals surface area contributed by atoms with Crippen molar-refractivity contribution in [1.82, 2.24) is 0 Å². The molecule has 0 aromatic heterocycles. The van der Waals surface area contributed by atoms with Crippen molar-refractivity contribution < 1.29 is 4.79 Å². The Morgan fingerprint density at radius 2 is 1.35 bits per heavy atom. The molecule has 0 saturated heterocycles. The van der Waals surface area contributed by atoms with E-state index >= 15 is 0 Å². The van der Waals surface area contributed by atoms with E-state index in [0.717, 1.165) is 16.9 Å². The Morgan fingerprint density at radius 1 is 0.913 bits per heavy atom. The molecule has 0 unspecified atom stereocenters. The fourth-order valence-corrected chi connectivity index (χ4v) is 2.57. The van der Waals surface area contributed by atoms with E-state index in [0.29, 0.717) is 20.8 Å². The maximum absolute atomic E-state index is 11.0. The lowest BCUT2D eigenvalue weighted by Gasteiger charge is -2.12. The summed E-state index contributed by atoms with van der Waals surface area (Å²) in [6.45, 7) is 3.31. The van der Waals surface area contributed by atoms with Crippen molar-refractivity contribution in [3.05, 3.63) is 52.0 Å². The van der Waals surface area contributed by atoms with Crippen LogP contribution in [-0.4, -0.2) is 11.0 Å². The molecule has 2 rings (SSSR count). The molecule has 0 aliphatic carbocycles. The average Bonchev–Trinajstić information content (AvgIpc) is 2.46. The summed E-state index contributed by atoms with van der Waals surface area (Å²) < 4.78 is 0. The van der Waals surface area contributed by atoms with Gasteiger partial charge in [-0.2, -0.15) is 0 Å². The third-order valence-electron chi connectivity index (χ3n) is 3.00. The van der Waals surface area contributed by atoms with Crippen LogP contribution >= 0.6 is 35.4 Å². The second-order valence-electron chi connectivity index (χ2n) is 4.90. The summed E-state index contributed by atoms with van der Waals surface area (Å²) in [5.74, 6) is -0.115. The average molecular weight is 368 g/mol. The number of rotatable bonds is 3. The lowest BCUT2D eigenvalue weighted by Crippen LogP contribution is -2.19. The van der Waals surface area contributed by atoms with Crippen molar-refractivity contribution in [2.75, 3.05) is 16.0 Å². The zero-order valence-corrected chi connectivity index (χ0v) is 14.9. The molecule has 23 heavy (non-hydrogen) atoms. The van der Waals surface area contributed by atoms with Gasteiger partial charge in [-0.3, -0.25) is 4.79 Å². The smallest absolute Gasteiger partial charge is 0.221 e. The summed E-state index contributed by atoms with van der Waals surface area (Å²) in [6.07, 6.45) is 0. The minimum absolute atomic E-state index is 0.115. The number of carbonyl (C=O) groups is 1. The van der Waals surface area contributed by atoms with E-state index in [-0.39, 0.29) is 5.91 Å². The van der Waals surface area contributed by atoms with Crippen LogP contribution in [0.25, 0.3) is 0 Å². The summed E-state index contributed by atoms with van der Waals surface area (Å²) in [7, 11) is 0. The standard InChI is InChI=1S/C16H15Cl2N3OS/c1-9-14(17)7-13(8-15(9)18)21-16(23)20-12-5-3-11(4-6-12)19-10(2)22/h3-8H,1-2H3,(H,19,22)(H2,20,21,23). The third kappa shape index (κ3) is 5.10. The van der Waals surface area contributed by atoms with Gasteiger partial charge < -0.3 is 16.0 Å². The quantitative estimate of drug-likeness (QED) is 0.662. The first-order chi connectivity index (χ1) is 10.8. The maximum Gasteiger partial charge on any atom is 0.221 e. The molecular formula is C16H15Cl2N3OS. The highest BCUT2D eigenvalue weighted by molar-refractivity contribution is 7.80. The van der Waals surface area contributed by atoms with Crippen LogP contribution < -0.4 is 16.0 Å². The molecule has 1 amide bonds. The van der Waals surface area contributed by atoms with Gasteiger partial charge in [-0.05, 0) is 61.1 Å². The monoisotopic (exact) mass is 367 g/mol. The zero-order chi connectivity index (χ0) is 17.0. The van der Waals surface area contributed by atoms with Gasteiger partial charge in [0, 0.05) is 34.0 Å². The summed E-state index contributed by atoms with van der Waals surface area (Å²) in [6, 6.07) is 10.7. The summed E-state index contributed by atoms with van der Waals surface area (Å²) in [5.41, 5.74) is 3.05. The van der Waals surface area contributed by atoms with Gasteiger partial charge in [0.1, 0.15) is 0 Å². The molecule has 0 atom stereocenters. The van der Waals surface area contributed by atoms with Gasteiger partial charge in [0.05, 0.1) is 0 Å². The molecule has 0 aliphatic heterocycles. The molecular weight excluding hydrogens is 353 g/mol. The molecule has 4 nitrogen and oxygen atoms in total. The number of thiocarbonyl (C=S) groups is 1. The molecule has 2 aromatic carbocycles. The number of hydrogen-bond donors (Lipinski definition) is 3. The predicted molar refractivity (Wildman–Crippen MR) is 102 cm³/mol. The number of benzene rings is 2. The second kappa shape index (κ2) is 7.64. The minimum atomic E-state index is -0.115. The largest absolute Gasteiger partial charge is 0.332 e. The van der Waals surface area contributed by atoms with Crippen molar-refractivity contribution >= 4 is 63.5 Å². The summed E-state index contributed by atoms with van der Waals surface area (Å²) in [4.78, 5) is 11.0. The van der Waals surface area contributed by atoms with Crippen LogP contribution in [0, 0.1) is 6.92 Å². The fraction of sp³-hybridized carbons (Fsp3) is 0.125. The molecule has 0 spiro atoms. The van der Waals surface area contributed by atoms with Crippen LogP contribution in [0.4, 0.5) is 17.1 Å². The van der Waals surface area contributed by atoms with E-state index in [1.807, 2.05) is 19.1 Å². The van der Waals surface area contributed by atoms with E-state index < -0.39 is 0 Å². The first-order valence-corrected chi connectivity index (χ1v) is 7.93. The van der Waals surface area contributed by atoms with Crippen molar-refractivity contribution in [3.8, 4) is 0 Å². The summed E-state index contributed by atoms with van der Waals surface area (Å²) in [5, 5.41) is 10.3. The molecule has 0 radical (unpaired) electrons. The number of hydrogen-bond acceptors (Lipinski definition) is 2. The predicted octanol–water partition coefficient (Wildman–Crippen LogP) is 5.07. The summed E-state index contributed by atoms with van der Waals surface area (Å²) >= 11 is 17.5. The Morgan fingerprint density at radius 3 is 1.83 bits per heavy atom. The number of amides is 1. The Labute approximate surface area is 150 Å². The van der Waals surface area contributed by atoms with Gasteiger partial charge in [-0.15, -0.1) is 0 Å². The minimum Gasteiger partial charge on any atom is -0.332 e. The molecule has 0 heterocycles. The van der Waals surface area contributed by atoms with E-state index in [9.17, 15) is 4.79 Å². The highest BCUT2D eigenvalue weighted by Gasteiger charge is 2.06. The molecule has 120 valence electrons. The van der Waals surface area contributed by atoms with Crippen molar-refractivity contribution in [2.24, 2.45) is 0 Å². The number of nitrogens with one attached hydrogen (secondary N) is 3. The van der Waals surface area contributed by atoms with Gasteiger partial charge in [-0.1, -0.05) is 23.2 Å². The number of halogens is 2. The van der Waals surface area contributed by atoms with E-state index in [1.165, 1.54) is 6.92 Å². The SMILES string of the molecule is CC(=O)Nc1ccc(NC(=S)Nc2cc(Cl)c(C)c(Cl)c2)cc1. The van der Waals surface area contributed by atoms with Gasteiger partial charge in [0.15, 0.2) is 5.11 Å². The molecule has 0 bridgehead atoms. The zero-order valence-electron chi connectivity index (χ0n) is 12.5. The maximum atomic E-state index is 11.0. The van der Waals surface area contributed by atoms with E-state index in [1.54, 1.807) is 24.3 Å². The molecule has 0 fully saturated rings. The topological polar surface area (TPSA) is 53.2 Å². The Balaban J connectivity index is 2.01. The van der Waals surface area contributed by atoms with Crippen LogP contribution in [-0.2, 0) is 4.79 Å². The van der Waals surface area contributed by atoms with Gasteiger partial charge in [0.2, 0.25) is 5.91 Å². The van der Waals surface area contributed by atoms with Crippen molar-refractivity contribution in [3.63, 3.8) is 0 Å². The highest BCUT2D eigenvalue weighted by atomic mass is 35.5. The first kappa shape index (κ1) is 17.5. The van der Waals surface area contributed by atoms with Gasteiger partial charge in [0.25, 0.3) is 0 Å². The molecule has 3 N–H and O–H groups in total. The lowest BCUT2D eigenvalue weighted by atomic mass is 10.2. The van der Waals surface area contributed by atoms with Crippen molar-refractivity contribution in [2.45, 2.75) is 13.8 Å². The van der Waals surface area contributed by atoms with E-state index in [2.05, 4.69) is 16.0 Å². The fourth-order valence-electron chi connectivity index (χ4n) is 1.85. The normalized spacial score (nSPS) is 10.1. The van der Waals surface area contributed by atoms with Crippen LogP contribution in [0.1, 0.15) is 12.5 Å². The second-order valence-corrected chi connectivity index (χ2v) is 6.13. The highest BCUT2D eigenvalue weighted by Crippen LogP contribution is 2.28. The van der Waals surface area contributed by atoms with Crippen LogP contribution in [0.15, 0.2) is 36.4 Å². The molecule has 2 aromatic rings. The van der Waals surface area contributed by atoms with Crippen molar-refractivity contribution in [1.29, 1.82) is 0 Å². The lowest BCUT2D eigenvalue weighted by molar-refractivity contribution is -0.114. The number of carbonyl (C=O) groups excluding carboxylic acids is 1. The number of anilines is 3. The van der Waals surface area contributed by atoms with Gasteiger partial charge in [-0.25, -0.2) is 0 Å². The Hall–Kier alpha value is -1.82.